The van der Waals surface area contributed by atoms with Gasteiger partial charge in [-0.1, -0.05) is 46.3 Å². The van der Waals surface area contributed by atoms with E-state index in [-0.39, 0.29) is 29.4 Å². The fraction of sp³-hybridized carbons (Fsp3) is 0.462. The van der Waals surface area contributed by atoms with Gasteiger partial charge >= 0.3 is 5.97 Å². The highest BCUT2D eigenvalue weighted by atomic mass is 79.9. The maximum absolute atomic E-state index is 11.3. The third-order valence-electron chi connectivity index (χ3n) is 3.15. The summed E-state index contributed by atoms with van der Waals surface area (Å²) in [4.78, 5) is 11.3. The Bertz CT molecular complexity index is 436. The van der Waals surface area contributed by atoms with Crippen molar-refractivity contribution in [1.82, 2.24) is 0 Å². The standard InChI is InChI=1S/C13H13BrO4/c14-11-9-6-10(15)18-13(17-9)12(11)16-7-8-4-2-1-3-5-8/h1-5,9,11-13H,6-7H2/t9-,11-,12+,13+/m0/s1. The lowest BCUT2D eigenvalue weighted by molar-refractivity contribution is -0.211. The van der Waals surface area contributed by atoms with E-state index >= 15 is 0 Å². The largest absolute Gasteiger partial charge is 0.433 e. The fourth-order valence-corrected chi connectivity index (χ4v) is 2.93. The molecule has 4 atom stereocenters. The third kappa shape index (κ3) is 2.30. The van der Waals surface area contributed by atoms with Crippen LogP contribution in [-0.4, -0.2) is 29.3 Å². The Kier molecular flexibility index (Phi) is 3.37. The summed E-state index contributed by atoms with van der Waals surface area (Å²) in [6.07, 6.45) is -0.680. The van der Waals surface area contributed by atoms with Gasteiger partial charge in [0.25, 0.3) is 0 Å². The Morgan fingerprint density at radius 1 is 1.33 bits per heavy atom. The summed E-state index contributed by atoms with van der Waals surface area (Å²) in [6.45, 7) is 0.484. The molecular formula is C13H13BrO4. The predicted molar refractivity (Wildman–Crippen MR) is 67.1 cm³/mol. The second kappa shape index (κ2) is 4.99. The minimum absolute atomic E-state index is 0.00216. The van der Waals surface area contributed by atoms with Gasteiger partial charge in [-0.25, -0.2) is 0 Å². The maximum atomic E-state index is 11.3. The van der Waals surface area contributed by atoms with Gasteiger partial charge in [0, 0.05) is 0 Å². The molecule has 0 saturated carbocycles. The van der Waals surface area contributed by atoms with Crippen LogP contribution in [0.1, 0.15) is 12.0 Å². The molecule has 0 N–H and O–H groups in total. The zero-order valence-electron chi connectivity index (χ0n) is 9.62. The SMILES string of the molecule is O=C1C[C@@H]2O[C@H](O1)[C@H](OCc1ccccc1)[C@H]2Br. The van der Waals surface area contributed by atoms with Crippen LogP contribution in [0.3, 0.4) is 0 Å². The number of benzene rings is 1. The minimum Gasteiger partial charge on any atom is -0.433 e. The zero-order chi connectivity index (χ0) is 12.5. The molecule has 2 saturated heterocycles. The van der Waals surface area contributed by atoms with Crippen LogP contribution in [0, 0.1) is 0 Å². The van der Waals surface area contributed by atoms with E-state index in [1.807, 2.05) is 30.3 Å². The van der Waals surface area contributed by atoms with E-state index in [2.05, 4.69) is 15.9 Å². The van der Waals surface area contributed by atoms with Gasteiger partial charge in [-0.05, 0) is 5.56 Å². The first-order chi connectivity index (χ1) is 8.74. The van der Waals surface area contributed by atoms with Crippen molar-refractivity contribution in [1.29, 1.82) is 0 Å². The quantitative estimate of drug-likeness (QED) is 0.632. The van der Waals surface area contributed by atoms with Crippen LogP contribution in [0.4, 0.5) is 0 Å². The molecule has 1 aromatic carbocycles. The zero-order valence-corrected chi connectivity index (χ0v) is 11.2. The smallest absolute Gasteiger partial charge is 0.310 e. The van der Waals surface area contributed by atoms with E-state index in [9.17, 15) is 4.79 Å². The molecule has 1 aromatic rings. The number of halogens is 1. The van der Waals surface area contributed by atoms with Crippen LogP contribution >= 0.6 is 15.9 Å². The van der Waals surface area contributed by atoms with E-state index in [1.165, 1.54) is 0 Å². The Labute approximate surface area is 113 Å². The lowest BCUT2D eigenvalue weighted by Crippen LogP contribution is -2.33. The van der Waals surface area contributed by atoms with Crippen molar-refractivity contribution in [2.45, 2.75) is 36.4 Å². The predicted octanol–water partition coefficient (Wildman–Crippen LogP) is 2.01. The molecule has 2 bridgehead atoms. The molecule has 0 spiro atoms. The van der Waals surface area contributed by atoms with Gasteiger partial charge < -0.3 is 14.2 Å². The van der Waals surface area contributed by atoms with Gasteiger partial charge in [-0.2, -0.15) is 0 Å². The van der Waals surface area contributed by atoms with E-state index in [0.29, 0.717) is 6.61 Å². The Hall–Kier alpha value is -0.910. The number of alkyl halides is 1. The fourth-order valence-electron chi connectivity index (χ4n) is 2.22. The summed E-state index contributed by atoms with van der Waals surface area (Å²) in [6, 6.07) is 9.89. The molecule has 0 radical (unpaired) electrons. The summed E-state index contributed by atoms with van der Waals surface area (Å²) < 4.78 is 16.5. The maximum Gasteiger partial charge on any atom is 0.310 e. The van der Waals surface area contributed by atoms with Crippen molar-refractivity contribution in [3.8, 4) is 0 Å². The number of carbonyl (C=O) groups is 1. The first-order valence-electron chi connectivity index (χ1n) is 5.88. The third-order valence-corrected chi connectivity index (χ3v) is 4.26. The minimum atomic E-state index is -0.579. The molecular weight excluding hydrogens is 300 g/mol. The molecule has 4 nitrogen and oxygen atoms in total. The van der Waals surface area contributed by atoms with E-state index in [0.717, 1.165) is 5.56 Å². The molecule has 2 heterocycles. The van der Waals surface area contributed by atoms with Gasteiger partial charge in [-0.3, -0.25) is 4.79 Å². The first-order valence-corrected chi connectivity index (χ1v) is 6.80. The second-order valence-electron chi connectivity index (χ2n) is 4.44. The normalized spacial score (nSPS) is 34.4. The summed E-state index contributed by atoms with van der Waals surface area (Å²) in [5, 5.41) is 0. The molecule has 2 aliphatic rings. The van der Waals surface area contributed by atoms with E-state index < -0.39 is 6.29 Å². The van der Waals surface area contributed by atoms with Crippen LogP contribution in [0.25, 0.3) is 0 Å². The number of carbonyl (C=O) groups excluding carboxylic acids is 1. The summed E-state index contributed by atoms with van der Waals surface area (Å²) in [7, 11) is 0. The topological polar surface area (TPSA) is 44.8 Å². The number of rotatable bonds is 3. The Morgan fingerprint density at radius 2 is 2.11 bits per heavy atom. The van der Waals surface area contributed by atoms with Gasteiger partial charge in [0.05, 0.1) is 24.0 Å². The number of esters is 1. The summed E-state index contributed by atoms with van der Waals surface area (Å²) in [5.74, 6) is -0.216. The van der Waals surface area contributed by atoms with Crippen LogP contribution in [0.5, 0.6) is 0 Å². The van der Waals surface area contributed by atoms with Crippen LogP contribution in [-0.2, 0) is 25.6 Å². The number of hydrogen-bond acceptors (Lipinski definition) is 4. The highest BCUT2D eigenvalue weighted by Crippen LogP contribution is 2.36. The van der Waals surface area contributed by atoms with Gasteiger partial charge in [-0.15, -0.1) is 0 Å². The Balaban J connectivity index is 1.64. The molecule has 96 valence electrons. The summed E-state index contributed by atoms with van der Waals surface area (Å²) in [5.41, 5.74) is 1.09. The van der Waals surface area contributed by atoms with Crippen molar-refractivity contribution in [3.05, 3.63) is 35.9 Å². The van der Waals surface area contributed by atoms with Gasteiger partial charge in [0.2, 0.25) is 6.29 Å². The highest BCUT2D eigenvalue weighted by Gasteiger charge is 2.50. The lowest BCUT2D eigenvalue weighted by atomic mass is 10.1. The van der Waals surface area contributed by atoms with Crippen molar-refractivity contribution in [2.75, 3.05) is 0 Å². The average molecular weight is 313 g/mol. The molecule has 0 unspecified atom stereocenters. The number of fused-ring (bicyclic) bond motifs is 2. The average Bonchev–Trinajstić information content (AvgIpc) is 2.60. The van der Waals surface area contributed by atoms with Crippen LogP contribution < -0.4 is 0 Å². The van der Waals surface area contributed by atoms with E-state index in [4.69, 9.17) is 14.2 Å². The lowest BCUT2D eigenvalue weighted by Gasteiger charge is -2.21. The molecule has 0 amide bonds. The van der Waals surface area contributed by atoms with Crippen LogP contribution in [0.15, 0.2) is 30.3 Å². The van der Waals surface area contributed by atoms with Crippen molar-refractivity contribution >= 4 is 21.9 Å². The van der Waals surface area contributed by atoms with Crippen molar-refractivity contribution < 1.29 is 19.0 Å². The van der Waals surface area contributed by atoms with Crippen LogP contribution in [0.2, 0.25) is 0 Å². The molecule has 0 aliphatic carbocycles. The molecule has 2 fully saturated rings. The van der Waals surface area contributed by atoms with Gasteiger partial charge in [0.1, 0.15) is 6.10 Å². The molecule has 5 heteroatoms. The molecule has 3 rings (SSSR count). The van der Waals surface area contributed by atoms with Gasteiger partial charge in [0.15, 0.2) is 0 Å². The number of ether oxygens (including phenoxy) is 3. The molecule has 0 aromatic heterocycles. The Morgan fingerprint density at radius 3 is 2.89 bits per heavy atom. The monoisotopic (exact) mass is 312 g/mol. The molecule has 2 aliphatic heterocycles. The highest BCUT2D eigenvalue weighted by molar-refractivity contribution is 9.09. The van der Waals surface area contributed by atoms with Crippen molar-refractivity contribution in [2.24, 2.45) is 0 Å². The summed E-state index contributed by atoms with van der Waals surface area (Å²) >= 11 is 3.53. The second-order valence-corrected chi connectivity index (χ2v) is 5.50. The first kappa shape index (κ1) is 12.1. The number of hydrogen-bond donors (Lipinski definition) is 0. The van der Waals surface area contributed by atoms with E-state index in [1.54, 1.807) is 0 Å². The van der Waals surface area contributed by atoms with Crippen molar-refractivity contribution in [3.63, 3.8) is 0 Å². The molecule has 18 heavy (non-hydrogen) atoms.